The minimum absolute atomic E-state index is 1.17. The molecule has 0 spiro atoms. The van der Waals surface area contributed by atoms with Crippen LogP contribution in [0.1, 0.15) is 24.0 Å². The molecule has 0 nitrogen and oxygen atoms in total. The van der Waals surface area contributed by atoms with Crippen molar-refractivity contribution < 1.29 is 0 Å². The highest BCUT2D eigenvalue weighted by atomic mass is 14.0. The average molecular weight is 196 g/mol. The summed E-state index contributed by atoms with van der Waals surface area (Å²) in [4.78, 5) is 0. The summed E-state index contributed by atoms with van der Waals surface area (Å²) in [7, 11) is 0. The van der Waals surface area contributed by atoms with Crippen molar-refractivity contribution in [3.63, 3.8) is 0 Å². The predicted molar refractivity (Wildman–Crippen MR) is 66.7 cm³/mol. The molecule has 0 N–H and O–H groups in total. The Kier molecular flexibility index (Phi) is 3.18. The summed E-state index contributed by atoms with van der Waals surface area (Å²) in [6.45, 7) is 2.12. The first kappa shape index (κ1) is 9.97. The number of aryl methyl sites for hydroxylation is 1. The Bertz CT molecular complexity index is 419. The standard InChI is InChI=1S/C15H16/c1-13-6-5-9-15(12-13)11-10-14-7-3-2-4-8-14/h2-3,5-7,9-12H,4,8H2,1H3/b11-10+. The molecule has 1 aromatic rings. The molecule has 1 aromatic carbocycles. The molecular weight excluding hydrogens is 180 g/mol. The summed E-state index contributed by atoms with van der Waals surface area (Å²) < 4.78 is 0. The molecule has 0 amide bonds. The largest absolute Gasteiger partial charge is 0.0842 e. The van der Waals surface area contributed by atoms with Gasteiger partial charge in [0.05, 0.1) is 0 Å². The van der Waals surface area contributed by atoms with Gasteiger partial charge in [-0.15, -0.1) is 0 Å². The molecule has 76 valence electrons. The normalized spacial score (nSPS) is 15.7. The molecule has 1 aliphatic carbocycles. The van der Waals surface area contributed by atoms with E-state index in [1.54, 1.807) is 0 Å². The van der Waals surface area contributed by atoms with Gasteiger partial charge in [0.15, 0.2) is 0 Å². The molecule has 0 fully saturated rings. The number of hydrogen-bond donors (Lipinski definition) is 0. The molecule has 2 rings (SSSR count). The van der Waals surface area contributed by atoms with Crippen LogP contribution in [0.5, 0.6) is 0 Å². The van der Waals surface area contributed by atoms with E-state index in [-0.39, 0.29) is 0 Å². The molecule has 1 aliphatic rings. The zero-order chi connectivity index (χ0) is 10.5. The summed E-state index contributed by atoms with van der Waals surface area (Å²) in [5.41, 5.74) is 4.01. The van der Waals surface area contributed by atoms with Crippen LogP contribution in [0.4, 0.5) is 0 Å². The minimum atomic E-state index is 1.17. The van der Waals surface area contributed by atoms with Crippen LogP contribution >= 0.6 is 0 Å². The Morgan fingerprint density at radius 2 is 2.13 bits per heavy atom. The summed E-state index contributed by atoms with van der Waals surface area (Å²) in [5.74, 6) is 0. The zero-order valence-electron chi connectivity index (χ0n) is 9.11. The van der Waals surface area contributed by atoms with E-state index in [2.05, 4.69) is 61.6 Å². The lowest BCUT2D eigenvalue weighted by molar-refractivity contribution is 0.992. The topological polar surface area (TPSA) is 0 Å². The van der Waals surface area contributed by atoms with Gasteiger partial charge in [-0.05, 0) is 30.9 Å². The molecule has 0 aliphatic heterocycles. The second kappa shape index (κ2) is 4.79. The van der Waals surface area contributed by atoms with E-state index in [9.17, 15) is 0 Å². The van der Waals surface area contributed by atoms with Gasteiger partial charge < -0.3 is 0 Å². The highest BCUT2D eigenvalue weighted by Gasteiger charge is 1.94. The van der Waals surface area contributed by atoms with Gasteiger partial charge in [0.1, 0.15) is 0 Å². The molecule has 0 atom stereocenters. The SMILES string of the molecule is Cc1cccc(/C=C/C2=CC=CCC2)c1. The number of allylic oxidation sites excluding steroid dienone is 5. The number of benzene rings is 1. The average Bonchev–Trinajstić information content (AvgIpc) is 2.28. The quantitative estimate of drug-likeness (QED) is 0.662. The third-order valence-corrected chi connectivity index (χ3v) is 2.58. The van der Waals surface area contributed by atoms with Crippen molar-refractivity contribution in [1.29, 1.82) is 0 Å². The molecule has 0 saturated carbocycles. The van der Waals surface area contributed by atoms with Gasteiger partial charge in [0.25, 0.3) is 0 Å². The van der Waals surface area contributed by atoms with Crippen LogP contribution in [-0.4, -0.2) is 0 Å². The smallest absolute Gasteiger partial charge is 0.0244 e. The van der Waals surface area contributed by atoms with E-state index in [1.165, 1.54) is 29.5 Å². The van der Waals surface area contributed by atoms with Crippen molar-refractivity contribution in [3.8, 4) is 0 Å². The Labute approximate surface area is 91.6 Å². The van der Waals surface area contributed by atoms with Crippen LogP contribution in [0, 0.1) is 6.92 Å². The van der Waals surface area contributed by atoms with Crippen LogP contribution in [0.2, 0.25) is 0 Å². The first-order valence-corrected chi connectivity index (χ1v) is 5.45. The predicted octanol–water partition coefficient (Wildman–Crippen LogP) is 4.28. The van der Waals surface area contributed by atoms with Crippen molar-refractivity contribution in [2.75, 3.05) is 0 Å². The van der Waals surface area contributed by atoms with Crippen LogP contribution in [0.15, 0.2) is 54.1 Å². The van der Waals surface area contributed by atoms with Crippen LogP contribution in [0.3, 0.4) is 0 Å². The highest BCUT2D eigenvalue weighted by molar-refractivity contribution is 5.54. The fraction of sp³-hybridized carbons (Fsp3) is 0.200. The van der Waals surface area contributed by atoms with Crippen LogP contribution in [0.25, 0.3) is 6.08 Å². The van der Waals surface area contributed by atoms with E-state index in [0.29, 0.717) is 0 Å². The highest BCUT2D eigenvalue weighted by Crippen LogP contribution is 2.15. The van der Waals surface area contributed by atoms with Gasteiger partial charge >= 0.3 is 0 Å². The van der Waals surface area contributed by atoms with E-state index in [4.69, 9.17) is 0 Å². The van der Waals surface area contributed by atoms with Gasteiger partial charge in [-0.1, -0.05) is 60.2 Å². The Morgan fingerprint density at radius 3 is 2.87 bits per heavy atom. The zero-order valence-corrected chi connectivity index (χ0v) is 9.11. The Hall–Kier alpha value is -1.56. The van der Waals surface area contributed by atoms with E-state index in [0.717, 1.165) is 0 Å². The lowest BCUT2D eigenvalue weighted by Crippen LogP contribution is -1.82. The monoisotopic (exact) mass is 196 g/mol. The van der Waals surface area contributed by atoms with E-state index < -0.39 is 0 Å². The van der Waals surface area contributed by atoms with Crippen molar-refractivity contribution in [1.82, 2.24) is 0 Å². The summed E-state index contributed by atoms with van der Waals surface area (Å²) in [6.07, 6.45) is 13.3. The second-order valence-corrected chi connectivity index (χ2v) is 3.96. The molecule has 0 aromatic heterocycles. The van der Waals surface area contributed by atoms with Crippen LogP contribution in [-0.2, 0) is 0 Å². The first-order valence-electron chi connectivity index (χ1n) is 5.45. The maximum atomic E-state index is 2.22. The Morgan fingerprint density at radius 1 is 1.20 bits per heavy atom. The summed E-state index contributed by atoms with van der Waals surface area (Å²) >= 11 is 0. The van der Waals surface area contributed by atoms with Gasteiger partial charge in [0.2, 0.25) is 0 Å². The minimum Gasteiger partial charge on any atom is -0.0842 e. The van der Waals surface area contributed by atoms with Gasteiger partial charge in [-0.25, -0.2) is 0 Å². The van der Waals surface area contributed by atoms with Crippen molar-refractivity contribution in [2.45, 2.75) is 19.8 Å². The Balaban J connectivity index is 2.11. The van der Waals surface area contributed by atoms with E-state index >= 15 is 0 Å². The van der Waals surface area contributed by atoms with Gasteiger partial charge in [-0.3, -0.25) is 0 Å². The third kappa shape index (κ3) is 2.95. The van der Waals surface area contributed by atoms with Crippen molar-refractivity contribution >= 4 is 6.08 Å². The molecule has 0 bridgehead atoms. The summed E-state index contributed by atoms with van der Waals surface area (Å²) in [5, 5.41) is 0. The molecule has 0 heteroatoms. The molecule has 0 saturated heterocycles. The fourth-order valence-corrected chi connectivity index (χ4v) is 1.74. The van der Waals surface area contributed by atoms with E-state index in [1.807, 2.05) is 0 Å². The summed E-state index contributed by atoms with van der Waals surface area (Å²) in [6, 6.07) is 8.57. The van der Waals surface area contributed by atoms with Gasteiger partial charge in [-0.2, -0.15) is 0 Å². The third-order valence-electron chi connectivity index (χ3n) is 2.58. The molecular formula is C15H16. The molecule has 15 heavy (non-hydrogen) atoms. The molecule has 0 heterocycles. The lowest BCUT2D eigenvalue weighted by Gasteiger charge is -2.03. The molecule has 0 unspecified atom stereocenters. The maximum Gasteiger partial charge on any atom is -0.0244 e. The number of hydrogen-bond acceptors (Lipinski definition) is 0. The maximum absolute atomic E-state index is 2.22. The lowest BCUT2D eigenvalue weighted by atomic mass is 10.0. The number of rotatable bonds is 2. The fourth-order valence-electron chi connectivity index (χ4n) is 1.74. The van der Waals surface area contributed by atoms with Crippen LogP contribution < -0.4 is 0 Å². The van der Waals surface area contributed by atoms with Crippen molar-refractivity contribution in [3.05, 3.63) is 65.3 Å². The first-order chi connectivity index (χ1) is 7.34. The van der Waals surface area contributed by atoms with Crippen molar-refractivity contribution in [2.24, 2.45) is 0 Å². The molecule has 0 radical (unpaired) electrons. The second-order valence-electron chi connectivity index (χ2n) is 3.96. The van der Waals surface area contributed by atoms with Gasteiger partial charge in [0, 0.05) is 0 Å².